The fraction of sp³-hybridized carbons (Fsp3) is 0.394. The summed E-state index contributed by atoms with van der Waals surface area (Å²) in [5.41, 5.74) is 1.93. The van der Waals surface area contributed by atoms with E-state index in [4.69, 9.17) is 9.47 Å². The molecule has 3 aromatic rings. The third kappa shape index (κ3) is 7.10. The Kier molecular flexibility index (Phi) is 10.2. The van der Waals surface area contributed by atoms with Crippen LogP contribution in [-0.2, 0) is 4.74 Å². The summed E-state index contributed by atoms with van der Waals surface area (Å²) in [6.07, 6.45) is 9.31. The first-order valence-corrected chi connectivity index (χ1v) is 13.9. The first-order chi connectivity index (χ1) is 18.9. The maximum Gasteiger partial charge on any atom is 0.201 e. The molecule has 0 heterocycles. The van der Waals surface area contributed by atoms with Gasteiger partial charge < -0.3 is 9.47 Å². The molecule has 1 aliphatic carbocycles. The van der Waals surface area contributed by atoms with Crippen molar-refractivity contribution in [3.8, 4) is 16.9 Å². The van der Waals surface area contributed by atoms with E-state index >= 15 is 0 Å². The summed E-state index contributed by atoms with van der Waals surface area (Å²) in [6, 6.07) is 13.0. The second-order valence-electron chi connectivity index (χ2n) is 10.1. The van der Waals surface area contributed by atoms with E-state index < -0.39 is 23.3 Å². The fourth-order valence-corrected chi connectivity index (χ4v) is 5.00. The molecule has 0 unspecified atom stereocenters. The lowest BCUT2D eigenvalue weighted by atomic mass is 9.82. The highest BCUT2D eigenvalue weighted by molar-refractivity contribution is 5.73. The average Bonchev–Trinajstić information content (AvgIpc) is 2.96. The maximum absolute atomic E-state index is 15.0. The highest BCUT2D eigenvalue weighted by atomic mass is 19.2. The molecule has 0 N–H and O–H groups in total. The smallest absolute Gasteiger partial charge is 0.201 e. The summed E-state index contributed by atoms with van der Waals surface area (Å²) < 4.78 is 70.2. The molecule has 0 amide bonds. The number of ether oxygens (including phenoxy) is 2. The molecule has 0 radical (unpaired) electrons. The molecular weight excluding hydrogens is 504 g/mol. The number of hydrogen-bond donors (Lipinski definition) is 0. The third-order valence-corrected chi connectivity index (χ3v) is 7.29. The van der Waals surface area contributed by atoms with Gasteiger partial charge in [0.25, 0.3) is 0 Å². The molecule has 0 atom stereocenters. The zero-order valence-electron chi connectivity index (χ0n) is 22.6. The quantitative estimate of drug-likeness (QED) is 0.137. The van der Waals surface area contributed by atoms with Gasteiger partial charge in [-0.05, 0) is 73.3 Å². The monoisotopic (exact) mass is 540 g/mol. The fourth-order valence-electron chi connectivity index (χ4n) is 5.00. The third-order valence-electron chi connectivity index (χ3n) is 7.29. The van der Waals surface area contributed by atoms with E-state index in [1.54, 1.807) is 42.5 Å². The summed E-state index contributed by atoms with van der Waals surface area (Å²) in [6.45, 7) is 5.13. The zero-order chi connectivity index (χ0) is 27.8. The lowest BCUT2D eigenvalue weighted by Gasteiger charge is -2.29. The van der Waals surface area contributed by atoms with Crippen molar-refractivity contribution in [1.82, 2.24) is 0 Å². The van der Waals surface area contributed by atoms with Crippen LogP contribution in [-0.4, -0.2) is 19.3 Å². The predicted octanol–water partition coefficient (Wildman–Crippen LogP) is 9.71. The average molecular weight is 541 g/mol. The summed E-state index contributed by atoms with van der Waals surface area (Å²) in [4.78, 5) is 0. The van der Waals surface area contributed by atoms with Gasteiger partial charge >= 0.3 is 0 Å². The number of benzene rings is 3. The van der Waals surface area contributed by atoms with Crippen LogP contribution in [0.3, 0.4) is 0 Å². The van der Waals surface area contributed by atoms with Crippen molar-refractivity contribution in [3.63, 3.8) is 0 Å². The van der Waals surface area contributed by atoms with Crippen LogP contribution in [0.1, 0.15) is 81.4 Å². The predicted molar refractivity (Wildman–Crippen MR) is 149 cm³/mol. The van der Waals surface area contributed by atoms with Crippen molar-refractivity contribution in [2.45, 2.75) is 70.8 Å². The van der Waals surface area contributed by atoms with Crippen molar-refractivity contribution in [2.75, 3.05) is 13.2 Å². The van der Waals surface area contributed by atoms with Crippen LogP contribution in [0, 0.1) is 23.3 Å². The summed E-state index contributed by atoms with van der Waals surface area (Å²) in [5.74, 6) is -3.72. The van der Waals surface area contributed by atoms with Gasteiger partial charge in [0.2, 0.25) is 5.82 Å². The van der Waals surface area contributed by atoms with Crippen molar-refractivity contribution in [2.24, 2.45) is 0 Å². The first kappa shape index (κ1) is 28.9. The number of halogens is 4. The SMILES string of the molecule is CCCCOc1ccc(-c2ccc(/C=C/c3ccc(C4CCC(OCCC)CC4)c(F)c3F)cc2)c(F)c1F. The van der Waals surface area contributed by atoms with E-state index in [9.17, 15) is 17.6 Å². The van der Waals surface area contributed by atoms with Gasteiger partial charge in [0.1, 0.15) is 0 Å². The van der Waals surface area contributed by atoms with Crippen LogP contribution >= 0.6 is 0 Å². The Bertz CT molecular complexity index is 1260. The second kappa shape index (κ2) is 13.8. The minimum atomic E-state index is -1.01. The molecule has 1 fully saturated rings. The lowest BCUT2D eigenvalue weighted by molar-refractivity contribution is 0.0248. The van der Waals surface area contributed by atoms with Gasteiger partial charge in [-0.1, -0.05) is 68.8 Å². The zero-order valence-corrected chi connectivity index (χ0v) is 22.6. The molecule has 39 heavy (non-hydrogen) atoms. The van der Waals surface area contributed by atoms with Gasteiger partial charge in [-0.15, -0.1) is 0 Å². The standard InChI is InChI=1S/C33H36F4O2/c1-3-5-21-39-29-19-18-28(32(36)33(29)37)23-9-6-22(7-10-23)8-11-25-14-17-27(31(35)30(25)34)24-12-15-26(16-13-24)38-20-4-2/h6-11,14,17-19,24,26H,3-5,12-13,15-16,20-21H2,1-2H3/b11-8+. The van der Waals surface area contributed by atoms with E-state index in [2.05, 4.69) is 6.92 Å². The van der Waals surface area contributed by atoms with E-state index in [-0.39, 0.29) is 28.9 Å². The van der Waals surface area contributed by atoms with E-state index in [0.717, 1.165) is 51.6 Å². The molecule has 0 aliphatic heterocycles. The van der Waals surface area contributed by atoms with Crippen molar-refractivity contribution in [3.05, 3.63) is 88.5 Å². The minimum Gasteiger partial charge on any atom is -0.490 e. The van der Waals surface area contributed by atoms with E-state index in [1.165, 1.54) is 18.2 Å². The van der Waals surface area contributed by atoms with Crippen LogP contribution in [0.5, 0.6) is 5.75 Å². The highest BCUT2D eigenvalue weighted by Gasteiger charge is 2.26. The Balaban J connectivity index is 1.42. The Morgan fingerprint density at radius 3 is 2.15 bits per heavy atom. The van der Waals surface area contributed by atoms with Crippen molar-refractivity contribution >= 4 is 12.2 Å². The van der Waals surface area contributed by atoms with Gasteiger partial charge in [0.05, 0.1) is 12.7 Å². The Labute approximate surface area is 228 Å². The van der Waals surface area contributed by atoms with Crippen LogP contribution in [0.15, 0.2) is 48.5 Å². The van der Waals surface area contributed by atoms with Crippen LogP contribution in [0.25, 0.3) is 23.3 Å². The molecule has 208 valence electrons. The normalized spacial score (nSPS) is 17.6. The highest BCUT2D eigenvalue weighted by Crippen LogP contribution is 2.37. The summed E-state index contributed by atoms with van der Waals surface area (Å²) in [5, 5.41) is 0. The van der Waals surface area contributed by atoms with E-state index in [1.807, 2.05) is 6.92 Å². The minimum absolute atomic E-state index is 0.00579. The largest absolute Gasteiger partial charge is 0.490 e. The van der Waals surface area contributed by atoms with Crippen LogP contribution in [0.2, 0.25) is 0 Å². The molecule has 0 aromatic heterocycles. The molecule has 6 heteroatoms. The van der Waals surface area contributed by atoms with Crippen LogP contribution in [0.4, 0.5) is 17.6 Å². The molecule has 0 saturated heterocycles. The van der Waals surface area contributed by atoms with Gasteiger partial charge in [-0.25, -0.2) is 13.2 Å². The maximum atomic E-state index is 15.0. The van der Waals surface area contributed by atoms with Gasteiger partial charge in [-0.2, -0.15) is 4.39 Å². The Morgan fingerprint density at radius 1 is 0.718 bits per heavy atom. The molecule has 1 aliphatic rings. The van der Waals surface area contributed by atoms with Gasteiger partial charge in [-0.3, -0.25) is 0 Å². The lowest BCUT2D eigenvalue weighted by Crippen LogP contribution is -2.21. The number of unbranched alkanes of at least 4 members (excludes halogenated alkanes) is 1. The Morgan fingerprint density at radius 2 is 1.46 bits per heavy atom. The summed E-state index contributed by atoms with van der Waals surface area (Å²) in [7, 11) is 0. The van der Waals surface area contributed by atoms with Gasteiger partial charge in [0.15, 0.2) is 23.2 Å². The molecular formula is C33H36F4O2. The van der Waals surface area contributed by atoms with Crippen molar-refractivity contribution < 1.29 is 27.0 Å². The molecule has 1 saturated carbocycles. The molecule has 2 nitrogen and oxygen atoms in total. The topological polar surface area (TPSA) is 18.5 Å². The summed E-state index contributed by atoms with van der Waals surface area (Å²) >= 11 is 0. The molecule has 0 bridgehead atoms. The van der Waals surface area contributed by atoms with Gasteiger partial charge in [0, 0.05) is 17.7 Å². The second-order valence-corrected chi connectivity index (χ2v) is 10.1. The van der Waals surface area contributed by atoms with E-state index in [0.29, 0.717) is 23.3 Å². The van der Waals surface area contributed by atoms with Crippen LogP contribution < -0.4 is 4.74 Å². The first-order valence-electron chi connectivity index (χ1n) is 13.9. The molecule has 0 spiro atoms. The van der Waals surface area contributed by atoms with Crippen molar-refractivity contribution in [1.29, 1.82) is 0 Å². The number of rotatable bonds is 11. The molecule has 4 rings (SSSR count). The molecule has 3 aromatic carbocycles. The Hall–Kier alpha value is -3.12. The number of hydrogen-bond acceptors (Lipinski definition) is 2.